The molecular formula is C16H15F3N2O2. The highest BCUT2D eigenvalue weighted by atomic mass is 19.4. The topological polar surface area (TPSA) is 42.4 Å². The summed E-state index contributed by atoms with van der Waals surface area (Å²) in [5, 5.41) is 0. The van der Waals surface area contributed by atoms with Gasteiger partial charge in [-0.05, 0) is 17.7 Å². The highest BCUT2D eigenvalue weighted by Gasteiger charge is 2.37. The number of benzene rings is 1. The number of rotatable bonds is 5. The van der Waals surface area contributed by atoms with Gasteiger partial charge in [0.1, 0.15) is 12.4 Å². The van der Waals surface area contributed by atoms with Crippen molar-refractivity contribution in [2.75, 3.05) is 18.6 Å². The normalized spacial score (nSPS) is 12.7. The van der Waals surface area contributed by atoms with Gasteiger partial charge in [0, 0.05) is 13.3 Å². The molecule has 0 unspecified atom stereocenters. The molecule has 0 radical (unpaired) electrons. The minimum Gasteiger partial charge on any atom is -0.367 e. The summed E-state index contributed by atoms with van der Waals surface area (Å²) in [6.07, 6.45) is -4.36. The molecule has 23 heavy (non-hydrogen) atoms. The molecule has 4 nitrogen and oxygen atoms in total. The number of nitrogens with zero attached hydrogens (tertiary/aromatic N) is 2. The summed E-state index contributed by atoms with van der Waals surface area (Å²) >= 11 is 0. The standard InChI is InChI=1S/C16H15F3N2O2/c1-23-14(12-7-3-2-4-8-12)15(22)21(11-16(17,18)19)13-9-5-6-10-20-13/h2-10,14H,11H2,1H3/t14-/m1/s1. The zero-order valence-corrected chi connectivity index (χ0v) is 12.3. The maximum Gasteiger partial charge on any atom is 0.406 e. The van der Waals surface area contributed by atoms with E-state index < -0.39 is 24.7 Å². The molecule has 2 aromatic rings. The van der Waals surface area contributed by atoms with Crippen LogP contribution in [0.15, 0.2) is 54.7 Å². The van der Waals surface area contributed by atoms with Gasteiger partial charge in [0.15, 0.2) is 6.10 Å². The molecule has 2 rings (SSSR count). The molecule has 0 saturated carbocycles. The molecule has 1 amide bonds. The molecule has 0 aliphatic carbocycles. The Morgan fingerprint density at radius 2 is 1.83 bits per heavy atom. The predicted octanol–water partition coefficient (Wildman–Crippen LogP) is 3.36. The summed E-state index contributed by atoms with van der Waals surface area (Å²) in [5.74, 6) is -0.900. The van der Waals surface area contributed by atoms with Gasteiger partial charge in [0.2, 0.25) is 0 Å². The van der Waals surface area contributed by atoms with Crippen molar-refractivity contribution >= 4 is 11.7 Å². The third-order valence-electron chi connectivity index (χ3n) is 3.09. The van der Waals surface area contributed by atoms with E-state index in [2.05, 4.69) is 4.98 Å². The van der Waals surface area contributed by atoms with Crippen LogP contribution in [0.25, 0.3) is 0 Å². The minimum absolute atomic E-state index is 0.0761. The first-order valence-corrected chi connectivity index (χ1v) is 6.79. The summed E-state index contributed by atoms with van der Waals surface area (Å²) in [6, 6.07) is 12.8. The molecule has 0 N–H and O–H groups in total. The molecule has 0 spiro atoms. The number of aromatic nitrogens is 1. The smallest absolute Gasteiger partial charge is 0.367 e. The molecule has 1 aromatic carbocycles. The van der Waals surface area contributed by atoms with Crippen molar-refractivity contribution < 1.29 is 22.7 Å². The number of alkyl halides is 3. The van der Waals surface area contributed by atoms with Gasteiger partial charge in [-0.1, -0.05) is 36.4 Å². The van der Waals surface area contributed by atoms with Crippen molar-refractivity contribution in [3.8, 4) is 0 Å². The van der Waals surface area contributed by atoms with Crippen LogP contribution in [0, 0.1) is 0 Å². The van der Waals surface area contributed by atoms with Gasteiger partial charge in [-0.15, -0.1) is 0 Å². The van der Waals surface area contributed by atoms with Crippen molar-refractivity contribution in [2.45, 2.75) is 12.3 Å². The number of anilines is 1. The first kappa shape index (κ1) is 17.0. The predicted molar refractivity (Wildman–Crippen MR) is 78.8 cm³/mol. The van der Waals surface area contributed by atoms with Gasteiger partial charge >= 0.3 is 6.18 Å². The van der Waals surface area contributed by atoms with Gasteiger partial charge in [-0.3, -0.25) is 9.69 Å². The van der Waals surface area contributed by atoms with Crippen molar-refractivity contribution in [3.05, 3.63) is 60.3 Å². The summed E-state index contributed by atoms with van der Waals surface area (Å²) in [6.45, 7) is -1.43. The van der Waals surface area contributed by atoms with Crippen LogP contribution >= 0.6 is 0 Å². The Morgan fingerprint density at radius 3 is 2.35 bits per heavy atom. The Bertz CT molecular complexity index is 633. The maximum atomic E-state index is 12.9. The molecule has 0 saturated heterocycles. The minimum atomic E-state index is -4.55. The van der Waals surface area contributed by atoms with Crippen molar-refractivity contribution in [1.82, 2.24) is 4.98 Å². The molecule has 0 fully saturated rings. The molecule has 1 heterocycles. The Labute approximate surface area is 131 Å². The first-order chi connectivity index (χ1) is 10.9. The van der Waals surface area contributed by atoms with Crippen LogP contribution in [-0.2, 0) is 9.53 Å². The summed E-state index contributed by atoms with van der Waals surface area (Å²) in [7, 11) is 1.28. The fourth-order valence-corrected chi connectivity index (χ4v) is 2.11. The van der Waals surface area contributed by atoms with E-state index in [-0.39, 0.29) is 5.82 Å². The second-order valence-corrected chi connectivity index (χ2v) is 4.75. The Morgan fingerprint density at radius 1 is 1.17 bits per heavy atom. The molecule has 1 atom stereocenters. The maximum absolute atomic E-state index is 12.9. The fourth-order valence-electron chi connectivity index (χ4n) is 2.11. The van der Waals surface area contributed by atoms with Crippen LogP contribution in [0.3, 0.4) is 0 Å². The molecule has 0 aliphatic heterocycles. The summed E-state index contributed by atoms with van der Waals surface area (Å²) < 4.78 is 43.7. The quantitative estimate of drug-likeness (QED) is 0.847. The number of pyridine rings is 1. The molecule has 0 aliphatic rings. The van der Waals surface area contributed by atoms with Crippen LogP contribution in [-0.4, -0.2) is 30.7 Å². The van der Waals surface area contributed by atoms with E-state index in [0.717, 1.165) is 0 Å². The summed E-state index contributed by atoms with van der Waals surface area (Å²) in [4.78, 5) is 17.0. The number of hydrogen-bond acceptors (Lipinski definition) is 3. The molecule has 1 aromatic heterocycles. The lowest BCUT2D eigenvalue weighted by molar-refractivity contribution is -0.139. The number of carbonyl (C=O) groups excluding carboxylic acids is 1. The average Bonchev–Trinajstić information content (AvgIpc) is 2.54. The number of methoxy groups -OCH3 is 1. The number of hydrogen-bond donors (Lipinski definition) is 0. The zero-order valence-electron chi connectivity index (χ0n) is 12.3. The number of amides is 1. The zero-order chi connectivity index (χ0) is 16.9. The van der Waals surface area contributed by atoms with Crippen LogP contribution in [0.4, 0.5) is 19.0 Å². The largest absolute Gasteiger partial charge is 0.406 e. The van der Waals surface area contributed by atoms with Crippen LogP contribution in [0.1, 0.15) is 11.7 Å². The highest BCUT2D eigenvalue weighted by Crippen LogP contribution is 2.26. The van der Waals surface area contributed by atoms with E-state index in [1.807, 2.05) is 0 Å². The van der Waals surface area contributed by atoms with Crippen molar-refractivity contribution in [3.63, 3.8) is 0 Å². The van der Waals surface area contributed by atoms with Gasteiger partial charge in [0.05, 0.1) is 0 Å². The van der Waals surface area contributed by atoms with Gasteiger partial charge < -0.3 is 4.74 Å². The number of halogens is 3. The van der Waals surface area contributed by atoms with Crippen molar-refractivity contribution in [2.24, 2.45) is 0 Å². The average molecular weight is 324 g/mol. The number of carbonyl (C=O) groups is 1. The lowest BCUT2D eigenvalue weighted by atomic mass is 10.1. The molecule has 0 bridgehead atoms. The highest BCUT2D eigenvalue weighted by molar-refractivity contribution is 5.96. The SMILES string of the molecule is CO[C@@H](C(=O)N(CC(F)(F)F)c1ccccn1)c1ccccc1. The van der Waals surface area contributed by atoms with Crippen LogP contribution < -0.4 is 4.90 Å². The third kappa shape index (κ3) is 4.53. The fraction of sp³-hybridized carbons (Fsp3) is 0.250. The van der Waals surface area contributed by atoms with Gasteiger partial charge in [0.25, 0.3) is 5.91 Å². The first-order valence-electron chi connectivity index (χ1n) is 6.79. The Hall–Kier alpha value is -2.41. The summed E-state index contributed by atoms with van der Waals surface area (Å²) in [5.41, 5.74) is 0.475. The molecule has 122 valence electrons. The Balaban J connectivity index is 2.36. The van der Waals surface area contributed by atoms with E-state index >= 15 is 0 Å². The number of ether oxygens (including phenoxy) is 1. The van der Waals surface area contributed by atoms with E-state index in [4.69, 9.17) is 4.74 Å². The second kappa shape index (κ2) is 7.23. The van der Waals surface area contributed by atoms with Crippen molar-refractivity contribution in [1.29, 1.82) is 0 Å². The Kier molecular flexibility index (Phi) is 5.33. The lowest BCUT2D eigenvalue weighted by Crippen LogP contribution is -2.42. The van der Waals surface area contributed by atoms with E-state index in [1.54, 1.807) is 36.4 Å². The van der Waals surface area contributed by atoms with E-state index in [0.29, 0.717) is 10.5 Å². The monoisotopic (exact) mass is 324 g/mol. The molecular weight excluding hydrogens is 309 g/mol. The second-order valence-electron chi connectivity index (χ2n) is 4.75. The lowest BCUT2D eigenvalue weighted by Gasteiger charge is -2.27. The third-order valence-corrected chi connectivity index (χ3v) is 3.09. The van der Waals surface area contributed by atoms with Gasteiger partial charge in [-0.2, -0.15) is 13.2 Å². The van der Waals surface area contributed by atoms with Crippen LogP contribution in [0.5, 0.6) is 0 Å². The van der Waals surface area contributed by atoms with Crippen LogP contribution in [0.2, 0.25) is 0 Å². The van der Waals surface area contributed by atoms with E-state index in [1.165, 1.54) is 25.4 Å². The molecule has 7 heteroatoms. The van der Waals surface area contributed by atoms with Gasteiger partial charge in [-0.25, -0.2) is 4.98 Å². The van der Waals surface area contributed by atoms with E-state index in [9.17, 15) is 18.0 Å².